The number of alkyl halides is 2. The van der Waals surface area contributed by atoms with E-state index in [1.165, 1.54) is 13.3 Å². The Hall–Kier alpha value is -0.990. The molecule has 0 aliphatic carbocycles. The highest BCUT2D eigenvalue weighted by Gasteiger charge is 2.25. The van der Waals surface area contributed by atoms with Crippen molar-refractivity contribution in [3.63, 3.8) is 0 Å². The molecule has 1 amide bonds. The lowest BCUT2D eigenvalue weighted by Crippen LogP contribution is -2.17. The predicted octanol–water partition coefficient (Wildman–Crippen LogP) is 1.73. The van der Waals surface area contributed by atoms with Gasteiger partial charge in [0.15, 0.2) is 0 Å². The van der Waals surface area contributed by atoms with E-state index in [1.807, 2.05) is 0 Å². The van der Waals surface area contributed by atoms with Gasteiger partial charge in [0.05, 0.1) is 12.7 Å². The zero-order valence-electron chi connectivity index (χ0n) is 7.63. The van der Waals surface area contributed by atoms with Crippen molar-refractivity contribution in [2.75, 3.05) is 7.11 Å². The molecular weight excluding hydrogens is 321 g/mol. The maximum atomic E-state index is 12.7. The summed E-state index contributed by atoms with van der Waals surface area (Å²) in [6, 6.07) is 0. The Morgan fingerprint density at radius 3 is 2.67 bits per heavy atom. The summed E-state index contributed by atoms with van der Waals surface area (Å²) in [6.07, 6.45) is -1.59. The maximum absolute atomic E-state index is 12.7. The second-order valence-electron chi connectivity index (χ2n) is 2.57. The minimum Gasteiger partial charge on any atom is -0.480 e. The van der Waals surface area contributed by atoms with Crippen LogP contribution < -0.4 is 10.5 Å². The van der Waals surface area contributed by atoms with Gasteiger partial charge in [-0.05, 0) is 22.6 Å². The van der Waals surface area contributed by atoms with Crippen LogP contribution >= 0.6 is 22.6 Å². The topological polar surface area (TPSA) is 65.2 Å². The van der Waals surface area contributed by atoms with Crippen LogP contribution in [0.25, 0.3) is 0 Å². The summed E-state index contributed by atoms with van der Waals surface area (Å²) >= 11 is 1.66. The number of nitrogens with two attached hydrogens (primary N) is 1. The third-order valence-electron chi connectivity index (χ3n) is 1.69. The molecule has 2 N–H and O–H groups in total. The molecule has 0 fully saturated rings. The standard InChI is InChI=1S/C8H7F2IN2O2/c1-15-8-5(7(12)14)4(6(9)10)3(11)2-13-8/h2,6H,1H3,(H2,12,14). The Labute approximate surface area is 98.0 Å². The second-order valence-corrected chi connectivity index (χ2v) is 3.73. The van der Waals surface area contributed by atoms with Crippen LogP contribution in [-0.2, 0) is 0 Å². The van der Waals surface area contributed by atoms with Crippen molar-refractivity contribution in [2.24, 2.45) is 5.73 Å². The minimum absolute atomic E-state index is 0.178. The van der Waals surface area contributed by atoms with Crippen LogP contribution in [0.3, 0.4) is 0 Å². The first-order chi connectivity index (χ1) is 6.99. The molecule has 0 aliphatic rings. The van der Waals surface area contributed by atoms with Crippen molar-refractivity contribution < 1.29 is 18.3 Å². The number of primary amides is 1. The number of rotatable bonds is 3. The molecule has 0 spiro atoms. The Balaban J connectivity index is 3.51. The lowest BCUT2D eigenvalue weighted by atomic mass is 10.1. The first kappa shape index (κ1) is 12.1. The quantitative estimate of drug-likeness (QED) is 0.860. The first-order valence-corrected chi connectivity index (χ1v) is 4.87. The molecule has 4 nitrogen and oxygen atoms in total. The van der Waals surface area contributed by atoms with Crippen molar-refractivity contribution in [2.45, 2.75) is 6.43 Å². The van der Waals surface area contributed by atoms with E-state index >= 15 is 0 Å². The summed E-state index contributed by atoms with van der Waals surface area (Å²) in [6.45, 7) is 0. The van der Waals surface area contributed by atoms with Gasteiger partial charge in [-0.3, -0.25) is 4.79 Å². The highest BCUT2D eigenvalue weighted by molar-refractivity contribution is 14.1. The summed E-state index contributed by atoms with van der Waals surface area (Å²) in [5.41, 5.74) is 4.21. The summed E-state index contributed by atoms with van der Waals surface area (Å²) in [7, 11) is 1.23. The van der Waals surface area contributed by atoms with E-state index in [2.05, 4.69) is 4.98 Å². The number of methoxy groups -OCH3 is 1. The zero-order valence-corrected chi connectivity index (χ0v) is 9.79. The van der Waals surface area contributed by atoms with Crippen molar-refractivity contribution in [1.82, 2.24) is 4.98 Å². The molecular formula is C8H7F2IN2O2. The lowest BCUT2D eigenvalue weighted by Gasteiger charge is -2.11. The van der Waals surface area contributed by atoms with Crippen LogP contribution in [0.15, 0.2) is 6.20 Å². The normalized spacial score (nSPS) is 10.5. The van der Waals surface area contributed by atoms with E-state index in [0.29, 0.717) is 0 Å². The van der Waals surface area contributed by atoms with Gasteiger partial charge in [0.1, 0.15) is 5.56 Å². The summed E-state index contributed by atoms with van der Waals surface area (Å²) in [4.78, 5) is 14.7. The summed E-state index contributed by atoms with van der Waals surface area (Å²) in [5, 5.41) is 0. The van der Waals surface area contributed by atoms with E-state index in [-0.39, 0.29) is 15.0 Å². The third kappa shape index (κ3) is 2.33. The maximum Gasteiger partial charge on any atom is 0.265 e. The minimum atomic E-state index is -2.80. The number of carbonyl (C=O) groups excluding carboxylic acids is 1. The van der Waals surface area contributed by atoms with Crippen LogP contribution in [0.2, 0.25) is 0 Å². The van der Waals surface area contributed by atoms with Crippen molar-refractivity contribution in [3.05, 3.63) is 20.9 Å². The highest BCUT2D eigenvalue weighted by atomic mass is 127. The van der Waals surface area contributed by atoms with Gasteiger partial charge in [0.2, 0.25) is 5.88 Å². The van der Waals surface area contributed by atoms with Gasteiger partial charge >= 0.3 is 0 Å². The van der Waals surface area contributed by atoms with Gasteiger partial charge in [-0.25, -0.2) is 13.8 Å². The number of pyridine rings is 1. The molecule has 0 unspecified atom stereocenters. The third-order valence-corrected chi connectivity index (χ3v) is 2.55. The Bertz CT molecular complexity index is 398. The number of aromatic nitrogens is 1. The lowest BCUT2D eigenvalue weighted by molar-refractivity contribution is 0.0980. The SMILES string of the molecule is COc1ncc(I)c(C(F)F)c1C(N)=O. The molecule has 7 heteroatoms. The fraction of sp³-hybridized carbons (Fsp3) is 0.250. The average molecular weight is 328 g/mol. The molecule has 0 atom stereocenters. The Morgan fingerprint density at radius 1 is 1.67 bits per heavy atom. The summed E-state index contributed by atoms with van der Waals surface area (Å²) < 4.78 is 30.2. The molecule has 1 heterocycles. The van der Waals surface area contributed by atoms with Gasteiger partial charge in [-0.1, -0.05) is 0 Å². The number of amides is 1. The highest BCUT2D eigenvalue weighted by Crippen LogP contribution is 2.31. The smallest absolute Gasteiger partial charge is 0.265 e. The van der Waals surface area contributed by atoms with Crippen LogP contribution in [0, 0.1) is 3.57 Å². The van der Waals surface area contributed by atoms with E-state index in [9.17, 15) is 13.6 Å². The van der Waals surface area contributed by atoms with Gasteiger partial charge in [-0.15, -0.1) is 0 Å². The molecule has 0 radical (unpaired) electrons. The van der Waals surface area contributed by atoms with Crippen LogP contribution in [0.5, 0.6) is 5.88 Å². The fourth-order valence-corrected chi connectivity index (χ4v) is 1.73. The van der Waals surface area contributed by atoms with Gasteiger partial charge < -0.3 is 10.5 Å². The van der Waals surface area contributed by atoms with E-state index < -0.39 is 17.9 Å². The fourth-order valence-electron chi connectivity index (χ4n) is 1.09. The van der Waals surface area contributed by atoms with E-state index in [4.69, 9.17) is 10.5 Å². The molecule has 0 bridgehead atoms. The monoisotopic (exact) mass is 328 g/mol. The Morgan fingerprint density at radius 2 is 2.27 bits per heavy atom. The van der Waals surface area contributed by atoms with Gasteiger partial charge in [0.25, 0.3) is 12.3 Å². The number of halogens is 3. The molecule has 1 rings (SSSR count). The molecule has 0 aromatic carbocycles. The molecule has 0 aliphatic heterocycles. The number of hydrogen-bond donors (Lipinski definition) is 1. The molecule has 1 aromatic rings. The van der Waals surface area contributed by atoms with Crippen LogP contribution in [-0.4, -0.2) is 18.0 Å². The van der Waals surface area contributed by atoms with E-state index in [1.54, 1.807) is 22.6 Å². The number of carbonyl (C=O) groups is 1. The van der Waals surface area contributed by atoms with Crippen molar-refractivity contribution in [1.29, 1.82) is 0 Å². The van der Waals surface area contributed by atoms with Gasteiger partial charge in [0, 0.05) is 9.77 Å². The number of hydrogen-bond acceptors (Lipinski definition) is 3. The van der Waals surface area contributed by atoms with Crippen LogP contribution in [0.1, 0.15) is 22.3 Å². The summed E-state index contributed by atoms with van der Waals surface area (Å²) in [5.74, 6) is -1.16. The predicted molar refractivity (Wildman–Crippen MR) is 57.0 cm³/mol. The molecule has 0 saturated heterocycles. The largest absolute Gasteiger partial charge is 0.480 e. The average Bonchev–Trinajstić information content (AvgIpc) is 2.16. The van der Waals surface area contributed by atoms with Gasteiger partial charge in [-0.2, -0.15) is 0 Å². The zero-order chi connectivity index (χ0) is 11.6. The first-order valence-electron chi connectivity index (χ1n) is 3.79. The van der Waals surface area contributed by atoms with Crippen molar-refractivity contribution >= 4 is 28.5 Å². The molecule has 1 aromatic heterocycles. The number of nitrogens with zero attached hydrogens (tertiary/aromatic N) is 1. The second kappa shape index (κ2) is 4.69. The Kier molecular flexibility index (Phi) is 3.77. The van der Waals surface area contributed by atoms with E-state index in [0.717, 1.165) is 0 Å². The van der Waals surface area contributed by atoms with Crippen LogP contribution in [0.4, 0.5) is 8.78 Å². The molecule has 0 saturated carbocycles. The molecule has 15 heavy (non-hydrogen) atoms. The number of ether oxygens (including phenoxy) is 1. The van der Waals surface area contributed by atoms with Crippen molar-refractivity contribution in [3.8, 4) is 5.88 Å². The molecule has 82 valence electrons.